The van der Waals surface area contributed by atoms with E-state index in [9.17, 15) is 9.90 Å². The fraction of sp³-hybridized carbons (Fsp3) is 0.0417. The summed E-state index contributed by atoms with van der Waals surface area (Å²) in [6.07, 6.45) is 0.506. The second kappa shape index (κ2) is 8.55. The zero-order chi connectivity index (χ0) is 20.9. The van der Waals surface area contributed by atoms with Crippen LogP contribution in [0.4, 0.5) is 11.5 Å². The van der Waals surface area contributed by atoms with Gasteiger partial charge in [-0.3, -0.25) is 4.79 Å². The molecule has 0 fully saturated rings. The molecule has 1 unspecified atom stereocenters. The summed E-state index contributed by atoms with van der Waals surface area (Å²) in [4.78, 5) is 21.7. The number of carbonyl (C=O) groups excluding carboxylic acids is 1. The van der Waals surface area contributed by atoms with E-state index in [0.29, 0.717) is 22.5 Å². The van der Waals surface area contributed by atoms with Gasteiger partial charge in [0.2, 0.25) is 0 Å². The minimum atomic E-state index is -1.06. The first-order valence-corrected chi connectivity index (χ1v) is 9.44. The summed E-state index contributed by atoms with van der Waals surface area (Å²) in [7, 11) is 0. The molecule has 0 aliphatic carbocycles. The molecule has 0 aliphatic heterocycles. The molecule has 4 aromatic rings. The first-order valence-electron chi connectivity index (χ1n) is 9.44. The van der Waals surface area contributed by atoms with E-state index < -0.39 is 6.10 Å². The van der Waals surface area contributed by atoms with Crippen LogP contribution in [0.5, 0.6) is 0 Å². The van der Waals surface area contributed by atoms with Gasteiger partial charge in [-0.25, -0.2) is 9.97 Å². The van der Waals surface area contributed by atoms with E-state index in [-0.39, 0.29) is 17.4 Å². The average Bonchev–Trinajstić information content (AvgIpc) is 2.80. The van der Waals surface area contributed by atoms with E-state index in [2.05, 4.69) is 15.3 Å². The van der Waals surface area contributed by atoms with Crippen LogP contribution in [-0.4, -0.2) is 21.0 Å². The second-order valence-corrected chi connectivity index (χ2v) is 6.74. The van der Waals surface area contributed by atoms with Crippen molar-refractivity contribution in [2.45, 2.75) is 6.10 Å². The molecule has 148 valence electrons. The van der Waals surface area contributed by atoms with Gasteiger partial charge in [-0.05, 0) is 29.8 Å². The maximum atomic E-state index is 12.6. The lowest BCUT2D eigenvalue weighted by atomic mass is 10.1. The van der Waals surface area contributed by atoms with Gasteiger partial charge in [0.05, 0.1) is 11.9 Å². The van der Waals surface area contributed by atoms with Gasteiger partial charge in [0.15, 0.2) is 5.82 Å². The second-order valence-electron chi connectivity index (χ2n) is 6.74. The topological polar surface area (TPSA) is 101 Å². The Balaban J connectivity index is 1.74. The molecule has 4 rings (SSSR count). The predicted octanol–water partition coefficient (Wildman–Crippen LogP) is 4.06. The van der Waals surface area contributed by atoms with Crippen molar-refractivity contribution in [1.82, 2.24) is 9.97 Å². The van der Waals surface area contributed by atoms with Crippen LogP contribution in [0.1, 0.15) is 27.7 Å². The lowest BCUT2D eigenvalue weighted by molar-refractivity contribution is 0.102. The van der Waals surface area contributed by atoms with Crippen LogP contribution >= 0.6 is 0 Å². The van der Waals surface area contributed by atoms with Crippen LogP contribution < -0.4 is 11.1 Å². The monoisotopic (exact) mass is 396 g/mol. The lowest BCUT2D eigenvalue weighted by Crippen LogP contribution is -2.17. The molecular formula is C24H20N4O2. The number of hydrogen-bond acceptors (Lipinski definition) is 5. The smallest absolute Gasteiger partial charge is 0.256 e. The Kier molecular flexibility index (Phi) is 5.50. The van der Waals surface area contributed by atoms with Gasteiger partial charge in [0.25, 0.3) is 5.91 Å². The number of amides is 1. The molecule has 1 heterocycles. The number of nitrogens with one attached hydrogen (secondary N) is 1. The minimum Gasteiger partial charge on any atom is -0.399 e. The highest BCUT2D eigenvalue weighted by molar-refractivity contribution is 6.04. The van der Waals surface area contributed by atoms with E-state index in [4.69, 9.17) is 5.73 Å². The van der Waals surface area contributed by atoms with E-state index in [1.165, 1.54) is 0 Å². The molecule has 0 aliphatic rings. The summed E-state index contributed by atoms with van der Waals surface area (Å²) in [5, 5.41) is 13.8. The zero-order valence-electron chi connectivity index (χ0n) is 16.1. The highest BCUT2D eigenvalue weighted by atomic mass is 16.3. The first kappa shape index (κ1) is 19.3. The number of benzene rings is 3. The summed E-state index contributed by atoms with van der Waals surface area (Å²) in [6, 6.07) is 25.2. The summed E-state index contributed by atoms with van der Waals surface area (Å²) in [5.41, 5.74) is 9.18. The van der Waals surface area contributed by atoms with Crippen LogP contribution in [0.15, 0.2) is 91.1 Å². The molecule has 4 N–H and O–H groups in total. The average molecular weight is 396 g/mol. The number of aliphatic hydroxyl groups is 1. The van der Waals surface area contributed by atoms with Crippen molar-refractivity contribution in [3.63, 3.8) is 0 Å². The van der Waals surface area contributed by atoms with Crippen molar-refractivity contribution in [2.24, 2.45) is 0 Å². The summed E-state index contributed by atoms with van der Waals surface area (Å²) >= 11 is 0. The molecule has 1 amide bonds. The molecule has 1 aromatic heterocycles. The lowest BCUT2D eigenvalue weighted by Gasteiger charge is -2.16. The molecular weight excluding hydrogens is 376 g/mol. The highest BCUT2D eigenvalue weighted by Gasteiger charge is 2.21. The number of hydrogen-bond donors (Lipinski definition) is 3. The Morgan fingerprint density at radius 2 is 1.53 bits per heavy atom. The number of carbonyl (C=O) groups is 1. The van der Waals surface area contributed by atoms with E-state index in [1.54, 1.807) is 54.7 Å². The molecule has 0 radical (unpaired) electrons. The van der Waals surface area contributed by atoms with Gasteiger partial charge in [-0.2, -0.15) is 0 Å². The van der Waals surface area contributed by atoms with Gasteiger partial charge in [0.1, 0.15) is 11.8 Å². The Morgan fingerprint density at radius 1 is 0.900 bits per heavy atom. The Hall–Kier alpha value is -4.03. The van der Waals surface area contributed by atoms with Crippen molar-refractivity contribution >= 4 is 17.4 Å². The van der Waals surface area contributed by atoms with Gasteiger partial charge in [-0.15, -0.1) is 0 Å². The maximum Gasteiger partial charge on any atom is 0.256 e. The van der Waals surface area contributed by atoms with Crippen LogP contribution in [-0.2, 0) is 0 Å². The number of nitrogens with zero attached hydrogens (tertiary/aromatic N) is 2. The van der Waals surface area contributed by atoms with Crippen molar-refractivity contribution in [1.29, 1.82) is 0 Å². The normalized spacial score (nSPS) is 11.6. The number of aromatic nitrogens is 2. The standard InChI is InChI=1S/C24H20N4O2/c25-19-13-11-16(12-14-19)20-15-26-23(28-24(30)18-9-5-2-6-10-18)21(27-20)22(29)17-7-3-1-4-8-17/h1-15,22,29H,25H2,(H,26,28,30). The quantitative estimate of drug-likeness (QED) is 0.442. The molecule has 6 heteroatoms. The summed E-state index contributed by atoms with van der Waals surface area (Å²) in [6.45, 7) is 0. The Labute approximate surface area is 174 Å². The number of nitrogens with two attached hydrogens (primary N) is 1. The summed E-state index contributed by atoms with van der Waals surface area (Å²) < 4.78 is 0. The number of anilines is 2. The van der Waals surface area contributed by atoms with Gasteiger partial charge < -0.3 is 16.2 Å². The highest BCUT2D eigenvalue weighted by Crippen LogP contribution is 2.28. The number of rotatable bonds is 5. The van der Waals surface area contributed by atoms with Gasteiger partial charge in [0, 0.05) is 16.8 Å². The van der Waals surface area contributed by atoms with Crippen molar-refractivity contribution in [3.05, 3.63) is 108 Å². The molecule has 1 atom stereocenters. The first-order chi connectivity index (χ1) is 14.6. The largest absolute Gasteiger partial charge is 0.399 e. The van der Waals surface area contributed by atoms with Crippen LogP contribution in [0.3, 0.4) is 0 Å². The van der Waals surface area contributed by atoms with Crippen molar-refractivity contribution in [3.8, 4) is 11.3 Å². The fourth-order valence-corrected chi connectivity index (χ4v) is 3.05. The van der Waals surface area contributed by atoms with Crippen LogP contribution in [0.2, 0.25) is 0 Å². The molecule has 0 saturated heterocycles. The third kappa shape index (κ3) is 4.19. The number of nitrogen functional groups attached to an aromatic ring is 1. The Morgan fingerprint density at radius 3 is 2.20 bits per heavy atom. The van der Waals surface area contributed by atoms with E-state index in [1.807, 2.05) is 36.4 Å². The van der Waals surface area contributed by atoms with Crippen LogP contribution in [0.25, 0.3) is 11.3 Å². The molecule has 3 aromatic carbocycles. The van der Waals surface area contributed by atoms with Gasteiger partial charge in [-0.1, -0.05) is 60.7 Å². The molecule has 6 nitrogen and oxygen atoms in total. The zero-order valence-corrected chi connectivity index (χ0v) is 16.1. The van der Waals surface area contributed by atoms with Gasteiger partial charge >= 0.3 is 0 Å². The predicted molar refractivity (Wildman–Crippen MR) is 117 cm³/mol. The van der Waals surface area contributed by atoms with Crippen molar-refractivity contribution in [2.75, 3.05) is 11.1 Å². The number of aliphatic hydroxyl groups excluding tert-OH is 1. The molecule has 0 saturated carbocycles. The maximum absolute atomic E-state index is 12.6. The minimum absolute atomic E-state index is 0.208. The third-order valence-electron chi connectivity index (χ3n) is 4.65. The molecule has 0 bridgehead atoms. The van der Waals surface area contributed by atoms with Crippen LogP contribution in [0, 0.1) is 0 Å². The van der Waals surface area contributed by atoms with E-state index in [0.717, 1.165) is 5.56 Å². The fourth-order valence-electron chi connectivity index (χ4n) is 3.05. The molecule has 0 spiro atoms. The summed E-state index contributed by atoms with van der Waals surface area (Å²) in [5.74, 6) is -0.119. The third-order valence-corrected chi connectivity index (χ3v) is 4.65. The van der Waals surface area contributed by atoms with Crippen molar-refractivity contribution < 1.29 is 9.90 Å². The molecule has 30 heavy (non-hydrogen) atoms. The van der Waals surface area contributed by atoms with E-state index >= 15 is 0 Å². The Bertz CT molecular complexity index is 1150. The SMILES string of the molecule is Nc1ccc(-c2cnc(NC(=O)c3ccccc3)c(C(O)c3ccccc3)n2)cc1.